The number of amides is 1. The zero-order valence-corrected chi connectivity index (χ0v) is 16.4. The first-order chi connectivity index (χ1) is 10.6. The van der Waals surface area contributed by atoms with Crippen molar-refractivity contribution in [2.45, 2.75) is 52.7 Å². The molecule has 1 rings (SSSR count). The van der Waals surface area contributed by atoms with E-state index in [1.54, 1.807) is 41.5 Å². The molecule has 0 saturated heterocycles. The standard InChI is InChI=1S/C15H26N3O5P/c1-14(2,3)22-12(19)16-10-9-11(24(7,8)21)17-18(10)13(20)23-15(4,5)6/h9H,1-8H3,(H,16,19). The Labute approximate surface area is 142 Å². The molecule has 0 bridgehead atoms. The van der Waals surface area contributed by atoms with Crippen LogP contribution in [0.25, 0.3) is 0 Å². The van der Waals surface area contributed by atoms with E-state index in [1.807, 2.05) is 0 Å². The molecule has 0 unspecified atom stereocenters. The van der Waals surface area contributed by atoms with E-state index in [9.17, 15) is 14.2 Å². The SMILES string of the molecule is CC(C)(C)OC(=O)Nc1cc(P(C)(C)=O)nn1C(=O)OC(C)(C)C. The Morgan fingerprint density at radius 2 is 1.58 bits per heavy atom. The number of hydrogen-bond acceptors (Lipinski definition) is 6. The average molecular weight is 359 g/mol. The summed E-state index contributed by atoms with van der Waals surface area (Å²) in [6.07, 6.45) is -1.53. The molecule has 0 aliphatic rings. The Balaban J connectivity index is 3.17. The van der Waals surface area contributed by atoms with Crippen LogP contribution in [-0.4, -0.2) is 46.5 Å². The van der Waals surface area contributed by atoms with Crippen molar-refractivity contribution in [3.63, 3.8) is 0 Å². The zero-order chi connectivity index (χ0) is 18.9. The Kier molecular flexibility index (Phi) is 5.55. The van der Waals surface area contributed by atoms with Crippen LogP contribution < -0.4 is 10.8 Å². The molecule has 8 nitrogen and oxygen atoms in total. The number of nitrogens with zero attached hydrogens (tertiary/aromatic N) is 2. The second kappa shape index (κ2) is 6.59. The number of carbonyl (C=O) groups excluding carboxylic acids is 2. The normalized spacial score (nSPS) is 12.7. The van der Waals surface area contributed by atoms with E-state index < -0.39 is 30.5 Å². The quantitative estimate of drug-likeness (QED) is 0.814. The number of hydrogen-bond donors (Lipinski definition) is 1. The van der Waals surface area contributed by atoms with Crippen LogP contribution in [0.15, 0.2) is 6.07 Å². The Morgan fingerprint density at radius 3 is 2.00 bits per heavy atom. The lowest BCUT2D eigenvalue weighted by molar-refractivity contribution is 0.0518. The topological polar surface area (TPSA) is 99.5 Å². The summed E-state index contributed by atoms with van der Waals surface area (Å²) in [6.45, 7) is 13.3. The highest BCUT2D eigenvalue weighted by Crippen LogP contribution is 2.34. The predicted molar refractivity (Wildman–Crippen MR) is 92.8 cm³/mol. The number of anilines is 1. The summed E-state index contributed by atoms with van der Waals surface area (Å²) in [5.41, 5.74) is -1.23. The van der Waals surface area contributed by atoms with E-state index in [0.29, 0.717) is 0 Å². The van der Waals surface area contributed by atoms with Crippen molar-refractivity contribution in [3.8, 4) is 0 Å². The fourth-order valence-electron chi connectivity index (χ4n) is 1.57. The van der Waals surface area contributed by atoms with Crippen molar-refractivity contribution in [3.05, 3.63) is 6.07 Å². The summed E-state index contributed by atoms with van der Waals surface area (Å²) in [6, 6.07) is 1.38. The summed E-state index contributed by atoms with van der Waals surface area (Å²) < 4.78 is 23.5. The molecule has 0 aromatic carbocycles. The number of rotatable bonds is 2. The molecule has 0 atom stereocenters. The minimum Gasteiger partial charge on any atom is -0.444 e. The van der Waals surface area contributed by atoms with Crippen molar-refractivity contribution in [1.82, 2.24) is 9.78 Å². The van der Waals surface area contributed by atoms with E-state index in [1.165, 1.54) is 19.4 Å². The molecule has 1 N–H and O–H groups in total. The van der Waals surface area contributed by atoms with Crippen LogP contribution in [0.3, 0.4) is 0 Å². The van der Waals surface area contributed by atoms with Gasteiger partial charge >= 0.3 is 12.2 Å². The van der Waals surface area contributed by atoms with Crippen molar-refractivity contribution < 1.29 is 23.6 Å². The largest absolute Gasteiger partial charge is 0.444 e. The minimum absolute atomic E-state index is 0.0393. The van der Waals surface area contributed by atoms with Crippen molar-refractivity contribution in [1.29, 1.82) is 0 Å². The first-order valence-corrected chi connectivity index (χ1v) is 10.1. The minimum atomic E-state index is -2.73. The number of ether oxygens (including phenoxy) is 2. The monoisotopic (exact) mass is 359 g/mol. The zero-order valence-electron chi connectivity index (χ0n) is 15.5. The van der Waals surface area contributed by atoms with Crippen LogP contribution >= 0.6 is 7.14 Å². The molecule has 1 heterocycles. The maximum Gasteiger partial charge on any atom is 0.437 e. The van der Waals surface area contributed by atoms with Gasteiger partial charge in [0.2, 0.25) is 0 Å². The lowest BCUT2D eigenvalue weighted by atomic mass is 10.2. The summed E-state index contributed by atoms with van der Waals surface area (Å²) in [4.78, 5) is 24.2. The molecule has 24 heavy (non-hydrogen) atoms. The van der Waals surface area contributed by atoms with Crippen LogP contribution in [0, 0.1) is 0 Å². The van der Waals surface area contributed by atoms with Crippen LogP contribution in [-0.2, 0) is 14.0 Å². The van der Waals surface area contributed by atoms with E-state index in [0.717, 1.165) is 4.68 Å². The van der Waals surface area contributed by atoms with Gasteiger partial charge in [-0.3, -0.25) is 5.32 Å². The molecule has 1 aromatic rings. The Hall–Kier alpha value is -1.82. The van der Waals surface area contributed by atoms with E-state index in [2.05, 4.69) is 10.4 Å². The molecule has 0 radical (unpaired) electrons. The molecule has 0 aliphatic carbocycles. The third-order valence-electron chi connectivity index (χ3n) is 2.44. The molecule has 1 amide bonds. The average Bonchev–Trinajstić information content (AvgIpc) is 2.67. The number of aromatic nitrogens is 2. The van der Waals surface area contributed by atoms with Gasteiger partial charge in [-0.25, -0.2) is 9.59 Å². The first-order valence-electron chi connectivity index (χ1n) is 7.47. The van der Waals surface area contributed by atoms with Crippen molar-refractivity contribution >= 4 is 30.6 Å². The molecular weight excluding hydrogens is 333 g/mol. The van der Waals surface area contributed by atoms with Gasteiger partial charge in [-0.15, -0.1) is 4.68 Å². The van der Waals surface area contributed by atoms with Crippen LogP contribution in [0.1, 0.15) is 41.5 Å². The van der Waals surface area contributed by atoms with Crippen molar-refractivity contribution in [2.75, 3.05) is 18.6 Å². The lowest BCUT2D eigenvalue weighted by Gasteiger charge is -2.21. The van der Waals surface area contributed by atoms with Gasteiger partial charge < -0.3 is 14.0 Å². The van der Waals surface area contributed by atoms with Gasteiger partial charge in [-0.1, -0.05) is 0 Å². The highest BCUT2D eigenvalue weighted by molar-refractivity contribution is 7.69. The van der Waals surface area contributed by atoms with Crippen LogP contribution in [0.2, 0.25) is 0 Å². The molecule has 0 spiro atoms. The third-order valence-corrected chi connectivity index (χ3v) is 3.77. The first kappa shape index (κ1) is 20.2. The number of carbonyl (C=O) groups is 2. The maximum atomic E-state index is 12.3. The molecular formula is C15H26N3O5P. The van der Waals surface area contributed by atoms with E-state index in [4.69, 9.17) is 9.47 Å². The summed E-state index contributed by atoms with van der Waals surface area (Å²) in [5, 5.41) is 6.47. The lowest BCUT2D eigenvalue weighted by Crippen LogP contribution is -2.31. The Morgan fingerprint density at radius 1 is 1.08 bits per heavy atom. The molecule has 0 aliphatic heterocycles. The smallest absolute Gasteiger partial charge is 0.437 e. The van der Waals surface area contributed by atoms with Gasteiger partial charge in [0.05, 0.1) is 0 Å². The van der Waals surface area contributed by atoms with Gasteiger partial charge in [0.1, 0.15) is 29.6 Å². The molecule has 136 valence electrons. The van der Waals surface area contributed by atoms with E-state index >= 15 is 0 Å². The molecule has 9 heteroatoms. The fourth-order valence-corrected chi connectivity index (χ4v) is 2.31. The van der Waals surface area contributed by atoms with Gasteiger partial charge in [-0.2, -0.15) is 5.10 Å². The van der Waals surface area contributed by atoms with Crippen molar-refractivity contribution in [2.24, 2.45) is 0 Å². The van der Waals surface area contributed by atoms with Gasteiger partial charge in [-0.05, 0) is 54.9 Å². The highest BCUT2D eigenvalue weighted by Gasteiger charge is 2.27. The molecule has 0 saturated carbocycles. The van der Waals surface area contributed by atoms with Crippen LogP contribution in [0.4, 0.5) is 15.4 Å². The number of nitrogens with one attached hydrogen (secondary N) is 1. The summed E-state index contributed by atoms with van der Waals surface area (Å²) in [7, 11) is -2.73. The summed E-state index contributed by atoms with van der Waals surface area (Å²) >= 11 is 0. The maximum absolute atomic E-state index is 12.3. The van der Waals surface area contributed by atoms with E-state index in [-0.39, 0.29) is 11.3 Å². The van der Waals surface area contributed by atoms with Gasteiger partial charge in [0, 0.05) is 6.07 Å². The van der Waals surface area contributed by atoms with Gasteiger partial charge in [0.25, 0.3) is 0 Å². The second-order valence-corrected chi connectivity index (χ2v) is 10.9. The Bertz CT molecular complexity index is 676. The third kappa shape index (κ3) is 6.35. The fraction of sp³-hybridized carbons (Fsp3) is 0.667. The van der Waals surface area contributed by atoms with Crippen LogP contribution in [0.5, 0.6) is 0 Å². The highest BCUT2D eigenvalue weighted by atomic mass is 31.2. The predicted octanol–water partition coefficient (Wildman–Crippen LogP) is 3.26. The second-order valence-electron chi connectivity index (χ2n) is 7.76. The summed E-state index contributed by atoms with van der Waals surface area (Å²) in [5.74, 6) is 0.0393. The molecule has 0 fully saturated rings. The van der Waals surface area contributed by atoms with Gasteiger partial charge in [0.15, 0.2) is 0 Å². The molecule has 1 aromatic heterocycles.